The van der Waals surface area contributed by atoms with E-state index in [1.54, 1.807) is 12.4 Å². The first kappa shape index (κ1) is 11.9. The molecule has 6 heteroatoms. The van der Waals surface area contributed by atoms with Crippen molar-refractivity contribution in [1.82, 2.24) is 15.3 Å². The molecule has 0 spiro atoms. The zero-order valence-electron chi connectivity index (χ0n) is 8.60. The van der Waals surface area contributed by atoms with Crippen LogP contribution in [0.2, 0.25) is 5.02 Å². The second-order valence-corrected chi connectivity index (χ2v) is 4.62. The van der Waals surface area contributed by atoms with Gasteiger partial charge in [-0.05, 0) is 6.42 Å². The second-order valence-electron chi connectivity index (χ2n) is 4.18. The van der Waals surface area contributed by atoms with Gasteiger partial charge in [0, 0.05) is 24.9 Å². The molecule has 3 rings (SSSR count). The largest absolute Gasteiger partial charge is 0.459 e. The van der Waals surface area contributed by atoms with Crippen LogP contribution in [0.5, 0.6) is 6.01 Å². The first-order chi connectivity index (χ1) is 7.33. The molecule has 2 fully saturated rings. The highest BCUT2D eigenvalue weighted by atomic mass is 35.5. The third kappa shape index (κ3) is 2.10. The van der Waals surface area contributed by atoms with Crippen molar-refractivity contribution < 1.29 is 4.74 Å². The van der Waals surface area contributed by atoms with Crippen molar-refractivity contribution in [2.75, 3.05) is 13.1 Å². The first-order valence-electron chi connectivity index (χ1n) is 5.18. The third-order valence-electron chi connectivity index (χ3n) is 3.19. The minimum atomic E-state index is 0. The quantitative estimate of drug-likeness (QED) is 0.878. The standard InChI is InChI=1S/C10H12ClN3O.ClH/c11-8-4-13-10(14-5-8)15-9-6-1-7(9)3-12-2-6;/h4-7,9,12H,1-3H2;1H/t6-,7+,9?;. The number of ether oxygens (including phenoxy) is 1. The highest BCUT2D eigenvalue weighted by Crippen LogP contribution is 2.38. The number of aromatic nitrogens is 2. The van der Waals surface area contributed by atoms with Gasteiger partial charge in [-0.3, -0.25) is 0 Å². The Kier molecular flexibility index (Phi) is 3.52. The molecule has 88 valence electrons. The summed E-state index contributed by atoms with van der Waals surface area (Å²) in [6, 6.07) is 0.445. The number of rotatable bonds is 2. The normalized spacial score (nSPS) is 31.2. The molecule has 1 saturated carbocycles. The van der Waals surface area contributed by atoms with Crippen LogP contribution in [0.1, 0.15) is 6.42 Å². The zero-order valence-corrected chi connectivity index (χ0v) is 10.2. The van der Waals surface area contributed by atoms with Crippen molar-refractivity contribution in [3.63, 3.8) is 0 Å². The molecule has 0 aromatic carbocycles. The maximum atomic E-state index is 5.75. The average Bonchev–Trinajstić information content (AvgIpc) is 2.29. The van der Waals surface area contributed by atoms with E-state index in [1.165, 1.54) is 6.42 Å². The fourth-order valence-corrected chi connectivity index (χ4v) is 2.47. The molecule has 1 aromatic heterocycles. The summed E-state index contributed by atoms with van der Waals surface area (Å²) >= 11 is 5.70. The third-order valence-corrected chi connectivity index (χ3v) is 3.38. The van der Waals surface area contributed by atoms with Gasteiger partial charge in [0.05, 0.1) is 17.4 Å². The van der Waals surface area contributed by atoms with Crippen molar-refractivity contribution in [2.45, 2.75) is 12.5 Å². The second kappa shape index (κ2) is 4.73. The molecule has 4 nitrogen and oxygen atoms in total. The van der Waals surface area contributed by atoms with Gasteiger partial charge in [0.15, 0.2) is 0 Å². The number of hydrogen-bond acceptors (Lipinski definition) is 4. The Balaban J connectivity index is 0.000000963. The summed E-state index contributed by atoms with van der Waals surface area (Å²) in [5.41, 5.74) is 0. The number of fused-ring (bicyclic) bond motifs is 2. The lowest BCUT2D eigenvalue weighted by molar-refractivity contribution is -0.0496. The zero-order chi connectivity index (χ0) is 10.3. The Labute approximate surface area is 105 Å². The molecular weight excluding hydrogens is 249 g/mol. The van der Waals surface area contributed by atoms with Crippen LogP contribution in [0.25, 0.3) is 0 Å². The smallest absolute Gasteiger partial charge is 0.316 e. The maximum Gasteiger partial charge on any atom is 0.316 e. The molecule has 16 heavy (non-hydrogen) atoms. The minimum absolute atomic E-state index is 0. The lowest BCUT2D eigenvalue weighted by Crippen LogP contribution is -2.59. The van der Waals surface area contributed by atoms with Crippen LogP contribution in [0.4, 0.5) is 0 Å². The van der Waals surface area contributed by atoms with E-state index >= 15 is 0 Å². The van der Waals surface area contributed by atoms with Crippen LogP contribution in [0.3, 0.4) is 0 Å². The molecule has 3 atom stereocenters. The van der Waals surface area contributed by atoms with Crippen LogP contribution in [-0.4, -0.2) is 29.2 Å². The van der Waals surface area contributed by atoms with Gasteiger partial charge in [-0.25, -0.2) is 9.97 Å². The van der Waals surface area contributed by atoms with Crippen molar-refractivity contribution in [2.24, 2.45) is 11.8 Å². The van der Waals surface area contributed by atoms with E-state index in [0.29, 0.717) is 29.0 Å². The van der Waals surface area contributed by atoms with Crippen LogP contribution >= 0.6 is 24.0 Å². The fourth-order valence-electron chi connectivity index (χ4n) is 2.37. The van der Waals surface area contributed by atoms with Gasteiger partial charge >= 0.3 is 6.01 Å². The summed E-state index contributed by atoms with van der Waals surface area (Å²) in [5.74, 6) is 1.26. The number of nitrogens with one attached hydrogen (secondary N) is 1. The van der Waals surface area contributed by atoms with E-state index in [9.17, 15) is 0 Å². The van der Waals surface area contributed by atoms with Gasteiger partial charge in [0.1, 0.15) is 6.10 Å². The lowest BCUT2D eigenvalue weighted by atomic mass is 9.69. The Morgan fingerprint density at radius 1 is 1.25 bits per heavy atom. The summed E-state index contributed by atoms with van der Waals surface area (Å²) in [6.07, 6.45) is 4.70. The lowest BCUT2D eigenvalue weighted by Gasteiger charge is -2.48. The molecule has 2 aliphatic rings. The molecule has 1 N–H and O–H groups in total. The molecule has 1 aliphatic carbocycles. The molecular formula is C10H13Cl2N3O. The SMILES string of the molecule is Cl.Clc1cnc(OC2[C@@H]3CNC[C@H]2C3)nc1. The molecule has 1 unspecified atom stereocenters. The van der Waals surface area contributed by atoms with Gasteiger partial charge in [-0.2, -0.15) is 0 Å². The van der Waals surface area contributed by atoms with Crippen molar-refractivity contribution in [3.05, 3.63) is 17.4 Å². The molecule has 0 radical (unpaired) electrons. The Morgan fingerprint density at radius 3 is 2.44 bits per heavy atom. The highest BCUT2D eigenvalue weighted by Gasteiger charge is 2.45. The van der Waals surface area contributed by atoms with Crippen molar-refractivity contribution in [1.29, 1.82) is 0 Å². The van der Waals surface area contributed by atoms with Gasteiger partial charge in [-0.15, -0.1) is 12.4 Å². The summed E-state index contributed by atoms with van der Waals surface area (Å²) in [5, 5.41) is 3.91. The highest BCUT2D eigenvalue weighted by molar-refractivity contribution is 6.30. The number of hydrogen-bond donors (Lipinski definition) is 1. The molecule has 2 bridgehead atoms. The monoisotopic (exact) mass is 261 g/mol. The molecule has 1 aromatic rings. The van der Waals surface area contributed by atoms with E-state index in [2.05, 4.69) is 15.3 Å². The number of nitrogens with zero attached hydrogens (tertiary/aromatic N) is 2. The number of halogens is 2. The van der Waals surface area contributed by atoms with Gasteiger partial charge in [0.25, 0.3) is 0 Å². The average molecular weight is 262 g/mol. The number of piperidine rings is 2. The van der Waals surface area contributed by atoms with E-state index in [0.717, 1.165) is 13.1 Å². The molecule has 0 amide bonds. The fraction of sp³-hybridized carbons (Fsp3) is 0.600. The van der Waals surface area contributed by atoms with Gasteiger partial charge in [-0.1, -0.05) is 11.6 Å². The van der Waals surface area contributed by atoms with Gasteiger partial charge < -0.3 is 10.1 Å². The van der Waals surface area contributed by atoms with E-state index < -0.39 is 0 Å². The summed E-state index contributed by atoms with van der Waals surface area (Å²) in [7, 11) is 0. The predicted molar refractivity (Wildman–Crippen MR) is 63.2 cm³/mol. The van der Waals surface area contributed by atoms with Crippen molar-refractivity contribution >= 4 is 24.0 Å². The van der Waals surface area contributed by atoms with E-state index in [1.807, 2.05) is 0 Å². The molecule has 2 heterocycles. The van der Waals surface area contributed by atoms with Crippen LogP contribution in [0, 0.1) is 11.8 Å². The predicted octanol–water partition coefficient (Wildman–Crippen LogP) is 1.54. The van der Waals surface area contributed by atoms with Crippen LogP contribution < -0.4 is 10.1 Å². The summed E-state index contributed by atoms with van der Waals surface area (Å²) in [4.78, 5) is 8.08. The van der Waals surface area contributed by atoms with Gasteiger partial charge in [0.2, 0.25) is 0 Å². The Bertz CT molecular complexity index is 346. The topological polar surface area (TPSA) is 47.0 Å². The van der Waals surface area contributed by atoms with Crippen LogP contribution in [-0.2, 0) is 0 Å². The Hall–Kier alpha value is -0.580. The molecule has 1 aliphatic heterocycles. The summed E-state index contributed by atoms with van der Waals surface area (Å²) in [6.45, 7) is 2.10. The van der Waals surface area contributed by atoms with Crippen molar-refractivity contribution in [3.8, 4) is 6.01 Å². The van der Waals surface area contributed by atoms with Crippen LogP contribution in [0.15, 0.2) is 12.4 Å². The van der Waals surface area contributed by atoms with E-state index in [-0.39, 0.29) is 12.4 Å². The summed E-state index contributed by atoms with van der Waals surface area (Å²) < 4.78 is 5.75. The Morgan fingerprint density at radius 2 is 1.88 bits per heavy atom. The maximum absolute atomic E-state index is 5.75. The molecule has 1 saturated heterocycles. The first-order valence-corrected chi connectivity index (χ1v) is 5.55. The van der Waals surface area contributed by atoms with E-state index in [4.69, 9.17) is 16.3 Å². The minimum Gasteiger partial charge on any atom is -0.459 e.